The van der Waals surface area contributed by atoms with Gasteiger partial charge in [0.15, 0.2) is 0 Å². The van der Waals surface area contributed by atoms with E-state index in [2.05, 4.69) is 6.58 Å². The topological polar surface area (TPSA) is 26.3 Å². The Morgan fingerprint density at radius 2 is 1.37 bits per heavy atom. The molecule has 2 nitrogen and oxygen atoms in total. The second-order valence-corrected chi connectivity index (χ2v) is 4.65. The van der Waals surface area contributed by atoms with Crippen LogP contribution in [-0.2, 0) is 9.53 Å². The predicted octanol–water partition coefficient (Wildman–Crippen LogP) is 3.62. The summed E-state index contributed by atoms with van der Waals surface area (Å²) in [6.07, 6.45) is -0.274. The summed E-state index contributed by atoms with van der Waals surface area (Å²) in [5, 5.41) is 0. The van der Waals surface area contributed by atoms with Gasteiger partial charge in [-0.3, -0.25) is 0 Å². The van der Waals surface area contributed by atoms with Gasteiger partial charge in [-0.25, -0.2) is 4.79 Å². The molecule has 1 unspecified atom stereocenters. The van der Waals surface area contributed by atoms with Crippen molar-refractivity contribution < 1.29 is 9.53 Å². The largest absolute Gasteiger partial charge is 0.453 e. The Bertz CT molecular complexity index is 602. The lowest BCUT2D eigenvalue weighted by Gasteiger charge is -2.18. The van der Waals surface area contributed by atoms with E-state index in [0.29, 0.717) is 5.57 Å². The van der Waals surface area contributed by atoms with E-state index in [0.717, 1.165) is 11.1 Å². The molecule has 1 aliphatic heterocycles. The first kappa shape index (κ1) is 11.7. The van der Waals surface area contributed by atoms with E-state index in [4.69, 9.17) is 4.74 Å². The summed E-state index contributed by atoms with van der Waals surface area (Å²) in [6, 6.07) is 19.7. The zero-order chi connectivity index (χ0) is 13.2. The molecular formula is C17H14O2. The fraction of sp³-hybridized carbons (Fsp3) is 0.118. The maximum Gasteiger partial charge on any atom is 0.334 e. The Balaban J connectivity index is 2.04. The Morgan fingerprint density at radius 3 is 1.95 bits per heavy atom. The van der Waals surface area contributed by atoms with Crippen molar-refractivity contribution in [3.8, 4) is 0 Å². The van der Waals surface area contributed by atoms with Crippen LogP contribution in [0.4, 0.5) is 0 Å². The molecule has 19 heavy (non-hydrogen) atoms. The van der Waals surface area contributed by atoms with Crippen molar-refractivity contribution in [2.75, 3.05) is 0 Å². The summed E-state index contributed by atoms with van der Waals surface area (Å²) in [5.74, 6) is -0.404. The second kappa shape index (κ2) is 4.73. The highest BCUT2D eigenvalue weighted by molar-refractivity contribution is 5.92. The molecule has 0 spiro atoms. The number of benzene rings is 2. The number of carbonyl (C=O) groups excluding carboxylic acids is 1. The van der Waals surface area contributed by atoms with Crippen LogP contribution in [-0.4, -0.2) is 5.97 Å². The summed E-state index contributed by atoms with van der Waals surface area (Å²) < 4.78 is 5.49. The Morgan fingerprint density at radius 1 is 0.842 bits per heavy atom. The summed E-state index contributed by atoms with van der Waals surface area (Å²) in [5.41, 5.74) is 2.59. The first-order chi connectivity index (χ1) is 9.27. The smallest absolute Gasteiger partial charge is 0.334 e. The number of cyclic esters (lactones) is 1. The lowest BCUT2D eigenvalue weighted by molar-refractivity contribution is -0.139. The fourth-order valence-electron chi connectivity index (χ4n) is 2.51. The molecule has 94 valence electrons. The maximum absolute atomic E-state index is 11.8. The minimum Gasteiger partial charge on any atom is -0.453 e. The molecule has 1 heterocycles. The molecule has 2 atom stereocenters. The summed E-state index contributed by atoms with van der Waals surface area (Å²) in [7, 11) is 0. The molecule has 2 aromatic rings. The van der Waals surface area contributed by atoms with Gasteiger partial charge in [-0.2, -0.15) is 0 Å². The van der Waals surface area contributed by atoms with Crippen LogP contribution < -0.4 is 0 Å². The number of carbonyl (C=O) groups is 1. The molecule has 1 aliphatic rings. The van der Waals surface area contributed by atoms with Crippen molar-refractivity contribution in [2.24, 2.45) is 0 Å². The molecule has 0 amide bonds. The van der Waals surface area contributed by atoms with Crippen molar-refractivity contribution in [2.45, 2.75) is 12.0 Å². The van der Waals surface area contributed by atoms with Gasteiger partial charge < -0.3 is 4.74 Å². The molecule has 0 N–H and O–H groups in total. The van der Waals surface area contributed by atoms with Gasteiger partial charge in [0.25, 0.3) is 0 Å². The van der Waals surface area contributed by atoms with Gasteiger partial charge in [-0.1, -0.05) is 67.2 Å². The lowest BCUT2D eigenvalue weighted by atomic mass is 9.86. The highest BCUT2D eigenvalue weighted by Gasteiger charge is 2.40. The third kappa shape index (κ3) is 2.06. The zero-order valence-electron chi connectivity index (χ0n) is 10.5. The number of esters is 1. The van der Waals surface area contributed by atoms with Crippen LogP contribution in [0.1, 0.15) is 23.1 Å². The van der Waals surface area contributed by atoms with Gasteiger partial charge in [0.1, 0.15) is 6.10 Å². The van der Waals surface area contributed by atoms with E-state index in [9.17, 15) is 4.79 Å². The van der Waals surface area contributed by atoms with Crippen LogP contribution in [0.2, 0.25) is 0 Å². The van der Waals surface area contributed by atoms with Crippen LogP contribution in [0.15, 0.2) is 72.8 Å². The minimum atomic E-state index is -0.303. The van der Waals surface area contributed by atoms with E-state index < -0.39 is 0 Å². The number of hydrogen-bond acceptors (Lipinski definition) is 2. The average Bonchev–Trinajstić information content (AvgIpc) is 2.77. The molecule has 0 radical (unpaired) electrons. The van der Waals surface area contributed by atoms with Crippen molar-refractivity contribution in [1.29, 1.82) is 0 Å². The zero-order valence-corrected chi connectivity index (χ0v) is 10.5. The molecule has 3 rings (SSSR count). The average molecular weight is 250 g/mol. The van der Waals surface area contributed by atoms with E-state index in [1.165, 1.54) is 0 Å². The van der Waals surface area contributed by atoms with Crippen molar-refractivity contribution in [3.05, 3.63) is 83.9 Å². The van der Waals surface area contributed by atoms with Gasteiger partial charge in [0, 0.05) is 5.57 Å². The molecule has 0 aromatic heterocycles. The standard InChI is InChI=1S/C17H14O2/c1-12-15(13-8-4-2-5-9-13)16(19-17(12)18)14-10-6-3-7-11-14/h2-11,15-16H,1H2/t15-,16?/m0/s1. The highest BCUT2D eigenvalue weighted by atomic mass is 16.6. The highest BCUT2D eigenvalue weighted by Crippen LogP contribution is 2.44. The van der Waals surface area contributed by atoms with Crippen molar-refractivity contribution in [1.82, 2.24) is 0 Å². The van der Waals surface area contributed by atoms with Crippen LogP contribution in [0.5, 0.6) is 0 Å². The van der Waals surface area contributed by atoms with Crippen LogP contribution in [0.25, 0.3) is 0 Å². The quantitative estimate of drug-likeness (QED) is 0.601. The van der Waals surface area contributed by atoms with Gasteiger partial charge in [-0.15, -0.1) is 0 Å². The number of hydrogen-bond donors (Lipinski definition) is 0. The molecule has 0 saturated carbocycles. The second-order valence-electron chi connectivity index (χ2n) is 4.65. The van der Waals surface area contributed by atoms with Crippen LogP contribution in [0, 0.1) is 0 Å². The normalized spacial score (nSPS) is 22.3. The minimum absolute atomic E-state index is 0.101. The third-order valence-corrected chi connectivity index (χ3v) is 3.46. The fourth-order valence-corrected chi connectivity index (χ4v) is 2.51. The molecule has 2 heteroatoms. The van der Waals surface area contributed by atoms with E-state index >= 15 is 0 Å². The van der Waals surface area contributed by atoms with Gasteiger partial charge in [0.2, 0.25) is 0 Å². The number of rotatable bonds is 2. The van der Waals surface area contributed by atoms with E-state index in [1.807, 2.05) is 60.7 Å². The monoisotopic (exact) mass is 250 g/mol. The first-order valence-electron chi connectivity index (χ1n) is 6.27. The Hall–Kier alpha value is -2.35. The van der Waals surface area contributed by atoms with E-state index in [-0.39, 0.29) is 18.0 Å². The third-order valence-electron chi connectivity index (χ3n) is 3.46. The van der Waals surface area contributed by atoms with Crippen LogP contribution in [0.3, 0.4) is 0 Å². The van der Waals surface area contributed by atoms with E-state index in [1.54, 1.807) is 0 Å². The Kier molecular flexibility index (Phi) is 2.92. The SMILES string of the molecule is C=C1C(=O)OC(c2ccccc2)[C@@H]1c1ccccc1. The predicted molar refractivity (Wildman–Crippen MR) is 73.6 cm³/mol. The summed E-state index contributed by atoms with van der Waals surface area (Å²) in [4.78, 5) is 11.8. The van der Waals surface area contributed by atoms with Crippen LogP contribution >= 0.6 is 0 Å². The summed E-state index contributed by atoms with van der Waals surface area (Å²) in [6.45, 7) is 3.89. The van der Waals surface area contributed by atoms with Crippen molar-refractivity contribution >= 4 is 5.97 Å². The molecule has 2 aromatic carbocycles. The van der Waals surface area contributed by atoms with Gasteiger partial charge in [0.05, 0.1) is 5.92 Å². The molecule has 0 aliphatic carbocycles. The number of ether oxygens (including phenoxy) is 1. The summed E-state index contributed by atoms with van der Waals surface area (Å²) >= 11 is 0. The molecule has 0 bridgehead atoms. The molecule has 1 saturated heterocycles. The van der Waals surface area contributed by atoms with Gasteiger partial charge in [-0.05, 0) is 11.1 Å². The maximum atomic E-state index is 11.8. The first-order valence-corrected chi connectivity index (χ1v) is 6.27. The van der Waals surface area contributed by atoms with Crippen molar-refractivity contribution in [3.63, 3.8) is 0 Å². The Labute approximate surface area is 112 Å². The lowest BCUT2D eigenvalue weighted by Crippen LogP contribution is -2.06. The molecule has 1 fully saturated rings. The molecular weight excluding hydrogens is 236 g/mol. The van der Waals surface area contributed by atoms with Gasteiger partial charge >= 0.3 is 5.97 Å².